The van der Waals surface area contributed by atoms with Crippen molar-refractivity contribution in [3.05, 3.63) is 82.8 Å². The first kappa shape index (κ1) is 19.2. The number of aliphatic imine (C=N–C) groups is 1. The van der Waals surface area contributed by atoms with Crippen LogP contribution in [0, 0.1) is 6.92 Å². The molecule has 144 valence electrons. The lowest BCUT2D eigenvalue weighted by Crippen LogP contribution is -2.19. The monoisotopic (exact) mass is 377 g/mol. The molecule has 2 aromatic carbocycles. The molecule has 3 rings (SSSR count). The van der Waals surface area contributed by atoms with Gasteiger partial charge in [0.05, 0.1) is 18.5 Å². The first-order chi connectivity index (χ1) is 13.6. The molecule has 0 fully saturated rings. The molecule has 0 N–H and O–H groups in total. The predicted octanol–water partition coefficient (Wildman–Crippen LogP) is 3.81. The molecule has 0 saturated carbocycles. The van der Waals surface area contributed by atoms with E-state index in [0.717, 1.165) is 16.9 Å². The minimum atomic E-state index is -0.182. The lowest BCUT2D eigenvalue weighted by molar-refractivity contribution is 0.326. The van der Waals surface area contributed by atoms with E-state index in [9.17, 15) is 4.79 Å². The SMILES string of the molecule is C=CCOc1c(C=Nc2c(C)n(C)n(-c3ccccc3)c2=O)cccc1OC. The number of methoxy groups -OCH3 is 1. The molecule has 0 aliphatic rings. The number of ether oxygens (including phenoxy) is 2. The predicted molar refractivity (Wildman–Crippen MR) is 112 cm³/mol. The van der Waals surface area contributed by atoms with Crippen molar-refractivity contribution in [3.63, 3.8) is 0 Å². The molecule has 3 aromatic rings. The molecule has 0 amide bonds. The van der Waals surface area contributed by atoms with E-state index in [1.807, 2.05) is 62.5 Å². The highest BCUT2D eigenvalue weighted by Crippen LogP contribution is 2.30. The molecule has 6 nitrogen and oxygen atoms in total. The van der Waals surface area contributed by atoms with Gasteiger partial charge in [0.1, 0.15) is 6.61 Å². The van der Waals surface area contributed by atoms with Crippen LogP contribution in [0.1, 0.15) is 11.3 Å². The second-order valence-electron chi connectivity index (χ2n) is 6.15. The van der Waals surface area contributed by atoms with Gasteiger partial charge in [0.2, 0.25) is 0 Å². The van der Waals surface area contributed by atoms with Crippen LogP contribution in [0.2, 0.25) is 0 Å². The Labute approximate surface area is 164 Å². The maximum atomic E-state index is 13.0. The summed E-state index contributed by atoms with van der Waals surface area (Å²) in [5.41, 5.74) is 2.47. The van der Waals surface area contributed by atoms with Crippen LogP contribution in [0.15, 0.2) is 71.0 Å². The Bertz CT molecular complexity index is 1060. The number of hydrogen-bond acceptors (Lipinski definition) is 4. The molecule has 0 aliphatic heterocycles. The Hall–Kier alpha value is -3.54. The summed E-state index contributed by atoms with van der Waals surface area (Å²) in [5, 5.41) is 0. The normalized spacial score (nSPS) is 11.0. The topological polar surface area (TPSA) is 57.8 Å². The fourth-order valence-electron chi connectivity index (χ4n) is 2.93. The third-order valence-corrected chi connectivity index (χ3v) is 4.43. The van der Waals surface area contributed by atoms with E-state index < -0.39 is 0 Å². The maximum absolute atomic E-state index is 13.0. The molecule has 0 radical (unpaired) electrons. The summed E-state index contributed by atoms with van der Waals surface area (Å²) in [6.07, 6.45) is 3.28. The van der Waals surface area contributed by atoms with E-state index in [4.69, 9.17) is 9.47 Å². The molecular weight excluding hydrogens is 354 g/mol. The molecule has 1 heterocycles. The third kappa shape index (κ3) is 3.62. The van der Waals surface area contributed by atoms with Gasteiger partial charge in [-0.15, -0.1) is 0 Å². The average molecular weight is 377 g/mol. The Morgan fingerprint density at radius 3 is 2.57 bits per heavy atom. The van der Waals surface area contributed by atoms with Gasteiger partial charge in [-0.05, 0) is 31.2 Å². The van der Waals surface area contributed by atoms with E-state index >= 15 is 0 Å². The molecular formula is C22H23N3O3. The number of nitrogens with zero attached hydrogens (tertiary/aromatic N) is 3. The highest BCUT2D eigenvalue weighted by Gasteiger charge is 2.15. The van der Waals surface area contributed by atoms with Crippen LogP contribution >= 0.6 is 0 Å². The van der Waals surface area contributed by atoms with Gasteiger partial charge in [-0.3, -0.25) is 9.48 Å². The first-order valence-corrected chi connectivity index (χ1v) is 8.87. The second-order valence-corrected chi connectivity index (χ2v) is 6.15. The van der Waals surface area contributed by atoms with E-state index in [0.29, 0.717) is 23.8 Å². The van der Waals surface area contributed by atoms with Gasteiger partial charge in [0.15, 0.2) is 17.2 Å². The molecule has 1 aromatic heterocycles. The van der Waals surface area contributed by atoms with Gasteiger partial charge in [-0.25, -0.2) is 9.67 Å². The number of rotatable bonds is 7. The van der Waals surface area contributed by atoms with Crippen molar-refractivity contribution in [2.75, 3.05) is 13.7 Å². The van der Waals surface area contributed by atoms with Crippen LogP contribution in [0.3, 0.4) is 0 Å². The highest BCUT2D eigenvalue weighted by molar-refractivity contribution is 5.87. The molecule has 0 aliphatic carbocycles. The Balaban J connectivity index is 2.05. The molecule has 6 heteroatoms. The summed E-state index contributed by atoms with van der Waals surface area (Å²) in [5.74, 6) is 1.16. The third-order valence-electron chi connectivity index (χ3n) is 4.43. The van der Waals surface area contributed by atoms with Gasteiger partial charge >= 0.3 is 0 Å². The average Bonchev–Trinajstić information content (AvgIpc) is 2.93. The van der Waals surface area contributed by atoms with Crippen molar-refractivity contribution in [3.8, 4) is 17.2 Å². The maximum Gasteiger partial charge on any atom is 0.297 e. The summed E-state index contributed by atoms with van der Waals surface area (Å²) in [6, 6.07) is 15.0. The van der Waals surface area contributed by atoms with Crippen molar-refractivity contribution >= 4 is 11.9 Å². The van der Waals surface area contributed by atoms with Crippen LogP contribution in [-0.2, 0) is 7.05 Å². The van der Waals surface area contributed by atoms with E-state index in [2.05, 4.69) is 11.6 Å². The Morgan fingerprint density at radius 2 is 1.89 bits per heavy atom. The van der Waals surface area contributed by atoms with E-state index in [1.54, 1.807) is 28.8 Å². The fourth-order valence-corrected chi connectivity index (χ4v) is 2.93. The summed E-state index contributed by atoms with van der Waals surface area (Å²) in [7, 11) is 3.42. The van der Waals surface area contributed by atoms with Crippen molar-refractivity contribution < 1.29 is 9.47 Å². The number of aromatic nitrogens is 2. The van der Waals surface area contributed by atoms with Gasteiger partial charge in [-0.1, -0.05) is 36.9 Å². The first-order valence-electron chi connectivity index (χ1n) is 8.87. The lowest BCUT2D eigenvalue weighted by atomic mass is 10.2. The largest absolute Gasteiger partial charge is 0.493 e. The van der Waals surface area contributed by atoms with Gasteiger partial charge < -0.3 is 9.47 Å². The van der Waals surface area contributed by atoms with Crippen LogP contribution in [0.25, 0.3) is 5.69 Å². The summed E-state index contributed by atoms with van der Waals surface area (Å²) in [4.78, 5) is 17.5. The van der Waals surface area contributed by atoms with Crippen LogP contribution in [0.5, 0.6) is 11.5 Å². The van der Waals surface area contributed by atoms with Crippen molar-refractivity contribution in [1.82, 2.24) is 9.36 Å². The Morgan fingerprint density at radius 1 is 1.14 bits per heavy atom. The highest BCUT2D eigenvalue weighted by atomic mass is 16.5. The molecule has 0 atom stereocenters. The molecule has 0 spiro atoms. The molecule has 28 heavy (non-hydrogen) atoms. The number of benzene rings is 2. The standard InChI is InChI=1S/C22H23N3O3/c1-5-14-28-21-17(10-9-13-19(21)27-4)15-23-20-16(2)24(3)25(22(20)26)18-11-7-6-8-12-18/h5-13,15H,1,14H2,2-4H3. The smallest absolute Gasteiger partial charge is 0.297 e. The van der Waals surface area contributed by atoms with Crippen molar-refractivity contribution in [2.45, 2.75) is 6.92 Å². The Kier molecular flexibility index (Phi) is 5.79. The van der Waals surface area contributed by atoms with Gasteiger partial charge in [-0.2, -0.15) is 0 Å². The van der Waals surface area contributed by atoms with Crippen LogP contribution in [-0.4, -0.2) is 29.3 Å². The summed E-state index contributed by atoms with van der Waals surface area (Å²) in [6.45, 7) is 5.88. The van der Waals surface area contributed by atoms with Crippen molar-refractivity contribution in [2.24, 2.45) is 12.0 Å². The fraction of sp³-hybridized carbons (Fsp3) is 0.182. The van der Waals surface area contributed by atoms with Crippen LogP contribution < -0.4 is 15.0 Å². The summed E-state index contributed by atoms with van der Waals surface area (Å²) < 4.78 is 14.5. The quantitative estimate of drug-likeness (QED) is 0.465. The van der Waals surface area contributed by atoms with Crippen molar-refractivity contribution in [1.29, 1.82) is 0 Å². The zero-order valence-corrected chi connectivity index (χ0v) is 16.3. The van der Waals surface area contributed by atoms with Crippen LogP contribution in [0.4, 0.5) is 5.69 Å². The van der Waals surface area contributed by atoms with Gasteiger partial charge in [0.25, 0.3) is 5.56 Å². The molecule has 0 bridgehead atoms. The van der Waals surface area contributed by atoms with E-state index in [-0.39, 0.29) is 5.56 Å². The molecule has 0 saturated heterocycles. The van der Waals surface area contributed by atoms with E-state index in [1.165, 1.54) is 0 Å². The summed E-state index contributed by atoms with van der Waals surface area (Å²) >= 11 is 0. The number of para-hydroxylation sites is 2. The zero-order chi connectivity index (χ0) is 20.1. The van der Waals surface area contributed by atoms with Gasteiger partial charge in [0, 0.05) is 18.8 Å². The minimum Gasteiger partial charge on any atom is -0.493 e. The zero-order valence-electron chi connectivity index (χ0n) is 16.3. The second kappa shape index (κ2) is 8.43. The minimum absolute atomic E-state index is 0.182. The molecule has 0 unspecified atom stereocenters. The number of hydrogen-bond donors (Lipinski definition) is 0. The lowest BCUT2D eigenvalue weighted by Gasteiger charge is -2.11.